The van der Waals surface area contributed by atoms with E-state index < -0.39 is 5.60 Å². The summed E-state index contributed by atoms with van der Waals surface area (Å²) in [6.07, 6.45) is 5.51. The molecule has 0 aromatic heterocycles. The fraction of sp³-hybridized carbons (Fsp3) is 0.929. The zero-order valence-electron chi connectivity index (χ0n) is 11.9. The van der Waals surface area contributed by atoms with Crippen LogP contribution in [0.2, 0.25) is 0 Å². The van der Waals surface area contributed by atoms with Crippen molar-refractivity contribution in [2.45, 2.75) is 64.0 Å². The van der Waals surface area contributed by atoms with Gasteiger partial charge in [-0.1, -0.05) is 0 Å². The van der Waals surface area contributed by atoms with Crippen LogP contribution >= 0.6 is 0 Å². The monoisotopic (exact) mass is 254 g/mol. The molecule has 18 heavy (non-hydrogen) atoms. The molecule has 1 aliphatic heterocycles. The minimum Gasteiger partial charge on any atom is -0.444 e. The molecule has 2 N–H and O–H groups in total. The van der Waals surface area contributed by atoms with Gasteiger partial charge in [-0.3, -0.25) is 0 Å². The Kier molecular flexibility index (Phi) is 3.58. The van der Waals surface area contributed by atoms with Crippen molar-refractivity contribution in [3.63, 3.8) is 0 Å². The number of hydrogen-bond acceptors (Lipinski definition) is 3. The maximum Gasteiger partial charge on any atom is 0.410 e. The number of likely N-dealkylation sites (tertiary alicyclic amines) is 1. The minimum absolute atomic E-state index is 0.0641. The molecule has 0 radical (unpaired) electrons. The molecule has 0 bridgehead atoms. The Morgan fingerprint density at radius 1 is 1.44 bits per heavy atom. The summed E-state index contributed by atoms with van der Waals surface area (Å²) in [5.74, 6) is 0.558. The van der Waals surface area contributed by atoms with E-state index in [0.717, 1.165) is 38.8 Å². The molecular weight excluding hydrogens is 228 g/mol. The van der Waals surface area contributed by atoms with Crippen LogP contribution in [-0.4, -0.2) is 35.2 Å². The van der Waals surface area contributed by atoms with Crippen LogP contribution in [0.4, 0.5) is 4.79 Å². The molecule has 1 amide bonds. The number of amides is 1. The highest BCUT2D eigenvalue weighted by Crippen LogP contribution is 2.37. The van der Waals surface area contributed by atoms with Crippen LogP contribution in [0.3, 0.4) is 0 Å². The number of carbonyl (C=O) groups is 1. The molecule has 1 heterocycles. The van der Waals surface area contributed by atoms with E-state index in [-0.39, 0.29) is 11.6 Å². The van der Waals surface area contributed by atoms with Gasteiger partial charge in [0.2, 0.25) is 0 Å². The van der Waals surface area contributed by atoms with Gasteiger partial charge in [0, 0.05) is 18.6 Å². The molecule has 1 unspecified atom stereocenters. The van der Waals surface area contributed by atoms with Crippen LogP contribution in [0.5, 0.6) is 0 Å². The van der Waals surface area contributed by atoms with Crippen molar-refractivity contribution < 1.29 is 9.53 Å². The van der Waals surface area contributed by atoms with Crippen molar-refractivity contribution in [2.24, 2.45) is 11.7 Å². The van der Waals surface area contributed by atoms with Gasteiger partial charge in [0.15, 0.2) is 0 Å². The van der Waals surface area contributed by atoms with Crippen molar-refractivity contribution in [3.8, 4) is 0 Å². The second-order valence-electron chi connectivity index (χ2n) is 7.00. The van der Waals surface area contributed by atoms with Gasteiger partial charge in [-0.2, -0.15) is 0 Å². The molecule has 4 heteroatoms. The van der Waals surface area contributed by atoms with E-state index in [9.17, 15) is 4.79 Å². The standard InChI is InChI=1S/C14H26N2O2/c1-13(2,3)18-12(17)16-8-5-11(10-16)9-14(15)6-4-7-14/h11H,4-10,15H2,1-3H3. The third-order valence-corrected chi connectivity index (χ3v) is 3.98. The molecule has 1 saturated heterocycles. The quantitative estimate of drug-likeness (QED) is 0.823. The SMILES string of the molecule is CC(C)(C)OC(=O)N1CCC(CC2(N)CCC2)C1. The number of carbonyl (C=O) groups excluding carboxylic acids is 1. The topological polar surface area (TPSA) is 55.6 Å². The van der Waals surface area contributed by atoms with Crippen LogP contribution in [0.25, 0.3) is 0 Å². The number of nitrogens with two attached hydrogens (primary N) is 1. The predicted molar refractivity (Wildman–Crippen MR) is 71.3 cm³/mol. The van der Waals surface area contributed by atoms with Crippen LogP contribution < -0.4 is 5.73 Å². The Balaban J connectivity index is 1.79. The van der Waals surface area contributed by atoms with Gasteiger partial charge in [-0.15, -0.1) is 0 Å². The zero-order chi connectivity index (χ0) is 13.4. The third kappa shape index (κ3) is 3.37. The maximum absolute atomic E-state index is 11.9. The molecule has 4 nitrogen and oxygen atoms in total. The fourth-order valence-corrected chi connectivity index (χ4v) is 2.90. The molecule has 1 saturated carbocycles. The summed E-state index contributed by atoms with van der Waals surface area (Å²) < 4.78 is 5.40. The lowest BCUT2D eigenvalue weighted by Gasteiger charge is -2.40. The third-order valence-electron chi connectivity index (χ3n) is 3.98. The van der Waals surface area contributed by atoms with E-state index in [1.54, 1.807) is 0 Å². The van der Waals surface area contributed by atoms with Crippen LogP contribution in [0.1, 0.15) is 52.9 Å². The van der Waals surface area contributed by atoms with Gasteiger partial charge in [-0.25, -0.2) is 4.79 Å². The first-order valence-corrected chi connectivity index (χ1v) is 7.04. The molecule has 2 fully saturated rings. The Bertz CT molecular complexity index is 318. The first-order valence-electron chi connectivity index (χ1n) is 7.04. The summed E-state index contributed by atoms with van der Waals surface area (Å²) in [6.45, 7) is 7.34. The van der Waals surface area contributed by atoms with Gasteiger partial charge in [0.1, 0.15) is 5.60 Å². The lowest BCUT2D eigenvalue weighted by Crippen LogP contribution is -2.48. The summed E-state index contributed by atoms with van der Waals surface area (Å²) in [4.78, 5) is 13.8. The van der Waals surface area contributed by atoms with E-state index in [1.807, 2.05) is 25.7 Å². The van der Waals surface area contributed by atoms with Crippen molar-refractivity contribution in [3.05, 3.63) is 0 Å². The molecule has 0 spiro atoms. The van der Waals surface area contributed by atoms with E-state index in [0.29, 0.717) is 5.92 Å². The highest BCUT2D eigenvalue weighted by atomic mass is 16.6. The number of rotatable bonds is 2. The minimum atomic E-state index is -0.405. The van der Waals surface area contributed by atoms with Gasteiger partial charge in [-0.05, 0) is 58.8 Å². The fourth-order valence-electron chi connectivity index (χ4n) is 2.90. The smallest absolute Gasteiger partial charge is 0.410 e. The Morgan fingerprint density at radius 2 is 2.11 bits per heavy atom. The van der Waals surface area contributed by atoms with Crippen LogP contribution in [0, 0.1) is 5.92 Å². The van der Waals surface area contributed by atoms with Gasteiger partial charge >= 0.3 is 6.09 Å². The van der Waals surface area contributed by atoms with Crippen molar-refractivity contribution in [1.29, 1.82) is 0 Å². The Labute approximate surface area is 110 Å². The largest absolute Gasteiger partial charge is 0.444 e. The average molecular weight is 254 g/mol. The highest BCUT2D eigenvalue weighted by Gasteiger charge is 2.38. The van der Waals surface area contributed by atoms with Gasteiger partial charge in [0.05, 0.1) is 0 Å². The summed E-state index contributed by atoms with van der Waals surface area (Å²) in [6, 6.07) is 0. The normalized spacial score (nSPS) is 26.9. The number of ether oxygens (including phenoxy) is 1. The van der Waals surface area contributed by atoms with E-state index in [4.69, 9.17) is 10.5 Å². The second kappa shape index (κ2) is 4.72. The summed E-state index contributed by atoms with van der Waals surface area (Å²) >= 11 is 0. The van der Waals surface area contributed by atoms with E-state index in [1.165, 1.54) is 6.42 Å². The summed E-state index contributed by atoms with van der Waals surface area (Å²) in [5.41, 5.74) is 5.93. The van der Waals surface area contributed by atoms with E-state index >= 15 is 0 Å². The molecule has 0 aromatic rings. The van der Waals surface area contributed by atoms with Crippen LogP contribution in [0.15, 0.2) is 0 Å². The molecule has 1 aliphatic carbocycles. The van der Waals surface area contributed by atoms with Gasteiger partial charge in [0.25, 0.3) is 0 Å². The molecule has 0 aromatic carbocycles. The Hall–Kier alpha value is -0.770. The number of nitrogens with zero attached hydrogens (tertiary/aromatic N) is 1. The van der Waals surface area contributed by atoms with Crippen molar-refractivity contribution in [1.82, 2.24) is 4.90 Å². The lowest BCUT2D eigenvalue weighted by atomic mass is 9.72. The maximum atomic E-state index is 11.9. The highest BCUT2D eigenvalue weighted by molar-refractivity contribution is 5.68. The number of hydrogen-bond donors (Lipinski definition) is 1. The lowest BCUT2D eigenvalue weighted by molar-refractivity contribution is 0.0283. The Morgan fingerprint density at radius 3 is 2.61 bits per heavy atom. The molecular formula is C14H26N2O2. The molecule has 104 valence electrons. The van der Waals surface area contributed by atoms with E-state index in [2.05, 4.69) is 0 Å². The second-order valence-corrected chi connectivity index (χ2v) is 7.00. The van der Waals surface area contributed by atoms with Crippen molar-refractivity contribution in [2.75, 3.05) is 13.1 Å². The molecule has 2 rings (SSSR count). The zero-order valence-corrected chi connectivity index (χ0v) is 11.9. The van der Waals surface area contributed by atoms with Gasteiger partial charge < -0.3 is 15.4 Å². The summed E-state index contributed by atoms with van der Waals surface area (Å²) in [5, 5.41) is 0. The van der Waals surface area contributed by atoms with Crippen LogP contribution in [-0.2, 0) is 4.74 Å². The first-order chi connectivity index (χ1) is 8.27. The van der Waals surface area contributed by atoms with Crippen molar-refractivity contribution >= 4 is 6.09 Å². The average Bonchev–Trinajstić information content (AvgIpc) is 2.61. The molecule has 1 atom stereocenters. The first kappa shape index (κ1) is 13.7. The molecule has 2 aliphatic rings. The predicted octanol–water partition coefficient (Wildman–Crippen LogP) is 2.51. The summed E-state index contributed by atoms with van der Waals surface area (Å²) in [7, 11) is 0.